The van der Waals surface area contributed by atoms with Crippen LogP contribution < -0.4 is 0 Å². The quantitative estimate of drug-likeness (QED) is 0.614. The van der Waals surface area contributed by atoms with E-state index in [1.807, 2.05) is 12.3 Å². The van der Waals surface area contributed by atoms with Gasteiger partial charge in [-0.1, -0.05) is 24.3 Å². The van der Waals surface area contributed by atoms with Gasteiger partial charge in [0.05, 0.1) is 0 Å². The molecule has 1 saturated carbocycles. The average molecular weight is 462 g/mol. The van der Waals surface area contributed by atoms with E-state index in [2.05, 4.69) is 33.0 Å². The van der Waals surface area contributed by atoms with E-state index in [1.165, 1.54) is 18.4 Å². The number of aromatic amines is 1. The van der Waals surface area contributed by atoms with Crippen LogP contribution in [0.3, 0.4) is 0 Å². The summed E-state index contributed by atoms with van der Waals surface area (Å²) in [4.78, 5) is 8.17. The molecule has 0 atom stereocenters. The highest BCUT2D eigenvalue weighted by atomic mass is 19.1. The standard InChI is InChI=1S/C28H32FN3O2/c29-24-7-4-8-25-28(24)23(17-30-25)20-9-11-22(12-10-20)31-13-15-32(16-14-31)27-19-33-26(18-34-27)21-5-2-1-3-6-21/h1-2,4-5,7-8,17-20,22,30H,3,6,9-16H2. The number of hydrogen-bond acceptors (Lipinski definition) is 4. The third-order valence-electron chi connectivity index (χ3n) is 7.87. The fraction of sp³-hybridized carbons (Fsp3) is 0.429. The minimum absolute atomic E-state index is 0.107. The molecule has 3 heterocycles. The summed E-state index contributed by atoms with van der Waals surface area (Å²) in [5.74, 6) is 1.96. The van der Waals surface area contributed by atoms with Gasteiger partial charge >= 0.3 is 0 Å². The molecule has 1 N–H and O–H groups in total. The molecule has 6 heteroatoms. The number of allylic oxidation sites excluding steroid dienone is 4. The third-order valence-corrected chi connectivity index (χ3v) is 7.87. The van der Waals surface area contributed by atoms with Crippen LogP contribution in [-0.4, -0.2) is 47.0 Å². The first kappa shape index (κ1) is 21.5. The van der Waals surface area contributed by atoms with Crippen LogP contribution in [0.5, 0.6) is 0 Å². The van der Waals surface area contributed by atoms with E-state index in [9.17, 15) is 4.39 Å². The molecule has 1 aromatic heterocycles. The zero-order valence-electron chi connectivity index (χ0n) is 19.5. The average Bonchev–Trinajstić information content (AvgIpc) is 3.35. The number of fused-ring (bicyclic) bond motifs is 1. The Hall–Kier alpha value is -2.99. The summed E-state index contributed by atoms with van der Waals surface area (Å²) >= 11 is 0. The summed E-state index contributed by atoms with van der Waals surface area (Å²) in [5, 5.41) is 0.788. The van der Waals surface area contributed by atoms with Gasteiger partial charge in [-0.05, 0) is 67.7 Å². The van der Waals surface area contributed by atoms with Crippen LogP contribution in [0, 0.1) is 5.82 Å². The van der Waals surface area contributed by atoms with Crippen molar-refractivity contribution in [2.75, 3.05) is 26.2 Å². The Morgan fingerprint density at radius 3 is 2.56 bits per heavy atom. The van der Waals surface area contributed by atoms with Crippen molar-refractivity contribution in [3.05, 3.63) is 83.7 Å². The van der Waals surface area contributed by atoms with Crippen molar-refractivity contribution in [2.24, 2.45) is 0 Å². The maximum atomic E-state index is 14.4. The summed E-state index contributed by atoms with van der Waals surface area (Å²) in [6, 6.07) is 5.92. The molecule has 2 aliphatic heterocycles. The number of aromatic nitrogens is 1. The van der Waals surface area contributed by atoms with Gasteiger partial charge in [0.2, 0.25) is 5.88 Å². The number of nitrogens with one attached hydrogen (secondary N) is 1. The van der Waals surface area contributed by atoms with E-state index in [0.717, 1.165) is 80.0 Å². The zero-order valence-corrected chi connectivity index (χ0v) is 19.5. The van der Waals surface area contributed by atoms with Gasteiger partial charge in [-0.3, -0.25) is 4.90 Å². The number of ether oxygens (including phenoxy) is 2. The molecular weight excluding hydrogens is 429 g/mol. The molecule has 0 spiro atoms. The summed E-state index contributed by atoms with van der Waals surface area (Å²) in [5.41, 5.74) is 3.25. The molecule has 4 aliphatic rings. The predicted octanol–water partition coefficient (Wildman–Crippen LogP) is 5.91. The molecule has 6 rings (SSSR count). The molecule has 0 radical (unpaired) electrons. The van der Waals surface area contributed by atoms with Crippen LogP contribution in [0.25, 0.3) is 10.9 Å². The molecule has 0 bridgehead atoms. The lowest BCUT2D eigenvalue weighted by Gasteiger charge is -2.42. The molecule has 1 aromatic carbocycles. The zero-order chi connectivity index (χ0) is 22.9. The number of H-pyrrole nitrogens is 1. The van der Waals surface area contributed by atoms with Gasteiger partial charge in [0, 0.05) is 49.3 Å². The van der Waals surface area contributed by atoms with Crippen LogP contribution in [0.4, 0.5) is 4.39 Å². The lowest BCUT2D eigenvalue weighted by Crippen LogP contribution is -2.50. The first-order chi connectivity index (χ1) is 16.8. The smallest absolute Gasteiger partial charge is 0.231 e. The van der Waals surface area contributed by atoms with Gasteiger partial charge in [-0.25, -0.2) is 4.39 Å². The highest BCUT2D eigenvalue weighted by Crippen LogP contribution is 2.39. The first-order valence-corrected chi connectivity index (χ1v) is 12.6. The number of benzene rings is 1. The van der Waals surface area contributed by atoms with Crippen LogP contribution in [0.15, 0.2) is 72.4 Å². The molecule has 0 unspecified atom stereocenters. The minimum Gasteiger partial charge on any atom is -0.456 e. The second-order valence-corrected chi connectivity index (χ2v) is 9.77. The van der Waals surface area contributed by atoms with Crippen molar-refractivity contribution in [3.8, 4) is 0 Å². The van der Waals surface area contributed by atoms with E-state index >= 15 is 0 Å². The molecule has 0 amide bonds. The SMILES string of the molecule is Fc1cccc2[nH]cc(C3CCC(N4CCN(C5=COC(C6=CC=CCC6)=CO5)CC4)CC3)c12. The van der Waals surface area contributed by atoms with Crippen LogP contribution >= 0.6 is 0 Å². The van der Waals surface area contributed by atoms with Gasteiger partial charge in [-0.2, -0.15) is 0 Å². The molecule has 2 fully saturated rings. The van der Waals surface area contributed by atoms with Crippen molar-refractivity contribution >= 4 is 10.9 Å². The van der Waals surface area contributed by atoms with Gasteiger partial charge in [-0.15, -0.1) is 0 Å². The van der Waals surface area contributed by atoms with Gasteiger partial charge in [0.15, 0.2) is 12.0 Å². The molecule has 1 saturated heterocycles. The van der Waals surface area contributed by atoms with Gasteiger partial charge in [0.25, 0.3) is 0 Å². The molecule has 34 heavy (non-hydrogen) atoms. The normalized spacial score (nSPS) is 25.9. The molecule has 2 aliphatic carbocycles. The predicted molar refractivity (Wildman–Crippen MR) is 131 cm³/mol. The van der Waals surface area contributed by atoms with E-state index in [-0.39, 0.29) is 5.82 Å². The Bertz CT molecular complexity index is 1160. The third kappa shape index (κ3) is 4.16. The number of piperazine rings is 1. The maximum Gasteiger partial charge on any atom is 0.231 e. The lowest BCUT2D eigenvalue weighted by atomic mass is 9.81. The van der Waals surface area contributed by atoms with Crippen LogP contribution in [0.2, 0.25) is 0 Å². The molecular formula is C28H32FN3O2. The second-order valence-electron chi connectivity index (χ2n) is 9.77. The number of hydrogen-bond donors (Lipinski definition) is 1. The van der Waals surface area contributed by atoms with Crippen molar-refractivity contribution < 1.29 is 13.9 Å². The highest BCUT2D eigenvalue weighted by Gasteiger charge is 2.31. The minimum atomic E-state index is -0.107. The van der Waals surface area contributed by atoms with Crippen molar-refractivity contribution in [3.63, 3.8) is 0 Å². The second kappa shape index (κ2) is 9.34. The van der Waals surface area contributed by atoms with E-state index in [0.29, 0.717) is 12.0 Å². The molecule has 2 aromatic rings. The highest BCUT2D eigenvalue weighted by molar-refractivity contribution is 5.84. The Morgan fingerprint density at radius 2 is 1.82 bits per heavy atom. The Labute approximate surface area is 200 Å². The summed E-state index contributed by atoms with van der Waals surface area (Å²) < 4.78 is 26.3. The van der Waals surface area contributed by atoms with Crippen LogP contribution in [-0.2, 0) is 9.47 Å². The van der Waals surface area contributed by atoms with Crippen molar-refractivity contribution in [1.29, 1.82) is 0 Å². The fourth-order valence-electron chi connectivity index (χ4n) is 5.94. The number of nitrogens with zero attached hydrogens (tertiary/aromatic N) is 2. The molecule has 5 nitrogen and oxygen atoms in total. The first-order valence-electron chi connectivity index (χ1n) is 12.6. The number of rotatable bonds is 4. The summed E-state index contributed by atoms with van der Waals surface area (Å²) in [6.07, 6.45) is 18.5. The summed E-state index contributed by atoms with van der Waals surface area (Å²) in [7, 11) is 0. The lowest BCUT2D eigenvalue weighted by molar-refractivity contribution is 0.0536. The Kier molecular flexibility index (Phi) is 5.91. The van der Waals surface area contributed by atoms with Crippen molar-refractivity contribution in [2.45, 2.75) is 50.5 Å². The topological polar surface area (TPSA) is 40.7 Å². The van der Waals surface area contributed by atoms with E-state index in [4.69, 9.17) is 9.47 Å². The fourth-order valence-corrected chi connectivity index (χ4v) is 5.94. The monoisotopic (exact) mass is 461 g/mol. The largest absolute Gasteiger partial charge is 0.456 e. The Morgan fingerprint density at radius 1 is 0.971 bits per heavy atom. The van der Waals surface area contributed by atoms with Crippen molar-refractivity contribution in [1.82, 2.24) is 14.8 Å². The Balaban J connectivity index is 1.01. The van der Waals surface area contributed by atoms with Gasteiger partial charge in [0.1, 0.15) is 12.1 Å². The van der Waals surface area contributed by atoms with E-state index in [1.54, 1.807) is 24.7 Å². The number of halogens is 1. The van der Waals surface area contributed by atoms with Crippen LogP contribution in [0.1, 0.15) is 50.0 Å². The van der Waals surface area contributed by atoms with Gasteiger partial charge < -0.3 is 19.4 Å². The van der Waals surface area contributed by atoms with E-state index < -0.39 is 0 Å². The summed E-state index contributed by atoms with van der Waals surface area (Å²) in [6.45, 7) is 3.95. The maximum absolute atomic E-state index is 14.4. The molecule has 178 valence electrons.